The first-order chi connectivity index (χ1) is 20.7. The van der Waals surface area contributed by atoms with Gasteiger partial charge in [-0.25, -0.2) is 8.78 Å². The van der Waals surface area contributed by atoms with Crippen LogP contribution in [0.5, 0.6) is 0 Å². The van der Waals surface area contributed by atoms with Crippen molar-refractivity contribution in [3.8, 4) is 0 Å². The van der Waals surface area contributed by atoms with E-state index in [0.717, 1.165) is 28.0 Å². The van der Waals surface area contributed by atoms with Crippen molar-refractivity contribution in [3.05, 3.63) is 112 Å². The summed E-state index contributed by atoms with van der Waals surface area (Å²) in [5.41, 5.74) is -1.53. The maximum absolute atomic E-state index is 14.4. The number of hydrogen-bond acceptors (Lipinski definition) is 4. The molecule has 0 saturated heterocycles. The summed E-state index contributed by atoms with van der Waals surface area (Å²) in [4.78, 5) is 1.71. The minimum Gasteiger partial charge on any atom is -0.374 e. The first-order valence-corrected chi connectivity index (χ1v) is 13.2. The summed E-state index contributed by atoms with van der Waals surface area (Å²) in [6.07, 6.45) is -9.66. The van der Waals surface area contributed by atoms with Gasteiger partial charge >= 0.3 is 12.4 Å². The smallest absolute Gasteiger partial charge is 0.374 e. The Bertz CT molecular complexity index is 1770. The van der Waals surface area contributed by atoms with Crippen LogP contribution in [0.25, 0.3) is 11.4 Å². The molecule has 45 heavy (non-hydrogen) atoms. The number of rotatable bonds is 6. The van der Waals surface area contributed by atoms with Gasteiger partial charge in [0.2, 0.25) is 0 Å². The molecule has 1 atom stereocenters. The minimum atomic E-state index is -4.89. The van der Waals surface area contributed by atoms with Crippen LogP contribution in [0.3, 0.4) is 0 Å². The molecule has 0 aromatic heterocycles. The number of anilines is 3. The van der Waals surface area contributed by atoms with Gasteiger partial charge in [0.1, 0.15) is 24.0 Å². The van der Waals surface area contributed by atoms with E-state index in [2.05, 4.69) is 30.4 Å². The van der Waals surface area contributed by atoms with Crippen LogP contribution in [0.1, 0.15) is 33.9 Å². The normalized spacial score (nSPS) is 16.5. The monoisotopic (exact) mass is 642 g/mol. The van der Waals surface area contributed by atoms with E-state index in [-0.39, 0.29) is 61.6 Å². The highest BCUT2D eigenvalue weighted by molar-refractivity contribution is 6.61. The van der Waals surface area contributed by atoms with Crippen molar-refractivity contribution in [2.75, 3.05) is 21.7 Å². The second-order valence-corrected chi connectivity index (χ2v) is 10.9. The largest absolute Gasteiger partial charge is 0.416 e. The van der Waals surface area contributed by atoms with Gasteiger partial charge in [-0.15, -0.1) is 0 Å². The Morgan fingerprint density at radius 2 is 1.62 bits per heavy atom. The van der Waals surface area contributed by atoms with E-state index in [0.29, 0.717) is 12.1 Å². The highest BCUT2D eigenvalue weighted by atomic mass is 35.5. The molecule has 2 N–H and O–H groups in total. The molecular formula is C29H18B3ClF8N4. The molecule has 16 heteroatoms. The molecule has 0 bridgehead atoms. The van der Waals surface area contributed by atoms with Crippen molar-refractivity contribution < 1.29 is 35.1 Å². The van der Waals surface area contributed by atoms with Crippen molar-refractivity contribution in [2.45, 2.75) is 23.6 Å². The zero-order chi connectivity index (χ0) is 33.4. The SMILES string of the molecule is [B]C([B])([B])N1C(=C)N(CC(F)(F)F)c2cc(NC(=C)c3cc(F)cc(C(F)(F)F)c3)c3c(c21)C(=C)NC3c1cc(F)ccc1Cl. The van der Waals surface area contributed by atoms with Crippen molar-refractivity contribution in [1.82, 2.24) is 5.32 Å². The van der Waals surface area contributed by atoms with E-state index >= 15 is 0 Å². The Morgan fingerprint density at radius 1 is 0.956 bits per heavy atom. The molecule has 2 heterocycles. The third-order valence-electron chi connectivity index (χ3n) is 7.17. The number of nitrogens with zero attached hydrogens (tertiary/aromatic N) is 2. The first kappa shape index (κ1) is 32.4. The third-order valence-corrected chi connectivity index (χ3v) is 7.51. The average Bonchev–Trinajstić information content (AvgIpc) is 3.37. The predicted molar refractivity (Wildman–Crippen MR) is 161 cm³/mol. The van der Waals surface area contributed by atoms with E-state index in [1.165, 1.54) is 12.1 Å². The Balaban J connectivity index is 1.78. The predicted octanol–water partition coefficient (Wildman–Crippen LogP) is 7.16. The Morgan fingerprint density at radius 3 is 2.22 bits per heavy atom. The standard InChI is InChI=1S/C29H18B3ClF8N4/c1-12(15-6-16(28(39,40)41)8-18(35)7-15)42-21-10-22-26(45(29(30,31)32)14(3)44(22)11-27(36,37)38)23-13(2)43-25(24(21)23)19-9-17(34)4-5-20(19)33/h4-10,25,42-43H,1-3,11H2. The topological polar surface area (TPSA) is 30.5 Å². The van der Waals surface area contributed by atoms with E-state index < -0.39 is 47.4 Å². The molecule has 1 unspecified atom stereocenters. The summed E-state index contributed by atoms with van der Waals surface area (Å²) in [6, 6.07) is 5.43. The fourth-order valence-corrected chi connectivity index (χ4v) is 5.65. The second-order valence-electron chi connectivity index (χ2n) is 10.5. The molecule has 6 radical (unpaired) electrons. The molecule has 0 aliphatic carbocycles. The lowest BCUT2D eigenvalue weighted by Crippen LogP contribution is -2.51. The van der Waals surface area contributed by atoms with Gasteiger partial charge in [-0.05, 0) is 42.5 Å². The highest BCUT2D eigenvalue weighted by Crippen LogP contribution is 2.56. The van der Waals surface area contributed by atoms with Gasteiger partial charge in [-0.3, -0.25) is 0 Å². The van der Waals surface area contributed by atoms with Gasteiger partial charge in [-0.2, -0.15) is 26.3 Å². The molecule has 3 aromatic carbocycles. The number of nitrogens with one attached hydrogen (secondary N) is 2. The molecule has 0 spiro atoms. The van der Waals surface area contributed by atoms with Crippen LogP contribution in [-0.2, 0) is 6.18 Å². The molecule has 0 fully saturated rings. The lowest BCUT2D eigenvalue weighted by molar-refractivity contribution is -0.137. The Kier molecular flexibility index (Phi) is 7.79. The number of hydrogen-bond donors (Lipinski definition) is 2. The molecule has 2 aliphatic heterocycles. The fourth-order valence-electron chi connectivity index (χ4n) is 5.43. The number of fused-ring (bicyclic) bond motifs is 3. The zero-order valence-corrected chi connectivity index (χ0v) is 23.7. The quantitative estimate of drug-likeness (QED) is 0.221. The summed E-state index contributed by atoms with van der Waals surface area (Å²) in [5, 5.41) is 3.64. The molecule has 2 aliphatic rings. The number of alkyl halides is 6. The molecule has 0 saturated carbocycles. The van der Waals surface area contributed by atoms with Crippen LogP contribution in [-0.4, -0.2) is 41.5 Å². The lowest BCUT2D eigenvalue weighted by Gasteiger charge is -2.38. The van der Waals surface area contributed by atoms with Gasteiger partial charge in [0, 0.05) is 44.4 Å². The summed E-state index contributed by atoms with van der Waals surface area (Å²) < 4.78 is 110. The van der Waals surface area contributed by atoms with Crippen molar-refractivity contribution >= 4 is 63.6 Å². The summed E-state index contributed by atoms with van der Waals surface area (Å²) >= 11 is 6.42. The van der Waals surface area contributed by atoms with Gasteiger partial charge < -0.3 is 20.4 Å². The van der Waals surface area contributed by atoms with Crippen molar-refractivity contribution in [1.29, 1.82) is 0 Å². The zero-order valence-electron chi connectivity index (χ0n) is 23.0. The van der Waals surface area contributed by atoms with Crippen LogP contribution in [0.15, 0.2) is 68.0 Å². The molecule has 5 rings (SSSR count). The Hall–Kier alpha value is -4.00. The van der Waals surface area contributed by atoms with Crippen LogP contribution in [0, 0.1) is 11.6 Å². The molecule has 4 nitrogen and oxygen atoms in total. The highest BCUT2D eigenvalue weighted by Gasteiger charge is 2.46. The number of halogens is 9. The summed E-state index contributed by atoms with van der Waals surface area (Å²) in [7, 11) is 18.0. The van der Waals surface area contributed by atoms with Gasteiger partial charge in [0.25, 0.3) is 0 Å². The average molecular weight is 642 g/mol. The third kappa shape index (κ3) is 6.02. The fraction of sp³-hybridized carbons (Fsp3) is 0.172. The van der Waals surface area contributed by atoms with E-state index in [1.807, 2.05) is 0 Å². The van der Waals surface area contributed by atoms with Gasteiger partial charge in [0.15, 0.2) is 0 Å². The van der Waals surface area contributed by atoms with E-state index in [4.69, 9.17) is 35.1 Å². The van der Waals surface area contributed by atoms with Crippen LogP contribution >= 0.6 is 11.6 Å². The van der Waals surface area contributed by atoms with Crippen LogP contribution in [0.2, 0.25) is 5.02 Å². The first-order valence-electron chi connectivity index (χ1n) is 12.8. The lowest BCUT2D eigenvalue weighted by atomic mass is 9.48. The maximum Gasteiger partial charge on any atom is 0.416 e. The summed E-state index contributed by atoms with van der Waals surface area (Å²) in [5.74, 6) is -2.24. The second kappa shape index (κ2) is 10.8. The number of benzene rings is 3. The molecular weight excluding hydrogens is 624 g/mol. The van der Waals surface area contributed by atoms with E-state index in [9.17, 15) is 35.1 Å². The maximum atomic E-state index is 14.4. The van der Waals surface area contributed by atoms with Crippen LogP contribution < -0.4 is 20.4 Å². The van der Waals surface area contributed by atoms with Gasteiger partial charge in [-0.1, -0.05) is 36.6 Å². The van der Waals surface area contributed by atoms with Gasteiger partial charge in [0.05, 0.1) is 46.5 Å². The minimum absolute atomic E-state index is 0.0264. The van der Waals surface area contributed by atoms with Crippen molar-refractivity contribution in [3.63, 3.8) is 0 Å². The summed E-state index contributed by atoms with van der Waals surface area (Å²) in [6.45, 7) is 9.88. The van der Waals surface area contributed by atoms with Crippen LogP contribution in [0.4, 0.5) is 52.2 Å². The molecule has 3 aromatic rings. The molecule has 226 valence electrons. The molecule has 0 amide bonds. The Labute approximate surface area is 261 Å². The van der Waals surface area contributed by atoms with Crippen molar-refractivity contribution in [2.24, 2.45) is 0 Å². The van der Waals surface area contributed by atoms with E-state index in [1.54, 1.807) is 0 Å².